The highest BCUT2D eigenvalue weighted by molar-refractivity contribution is 5.78. The fraction of sp³-hybridized carbons (Fsp3) is 0.407. The third kappa shape index (κ3) is 10.6. The summed E-state index contributed by atoms with van der Waals surface area (Å²) in [5.41, 5.74) is 2.65. The molecule has 0 saturated heterocycles. The van der Waals surface area contributed by atoms with Crippen molar-refractivity contribution in [1.82, 2.24) is 19.4 Å². The van der Waals surface area contributed by atoms with E-state index in [1.54, 1.807) is 54.7 Å². The van der Waals surface area contributed by atoms with E-state index >= 15 is 0 Å². The van der Waals surface area contributed by atoms with Gasteiger partial charge in [-0.25, -0.2) is 9.37 Å². The van der Waals surface area contributed by atoms with E-state index in [-0.39, 0.29) is 24.0 Å². The Balaban J connectivity index is 2.86. The third-order valence-corrected chi connectivity index (χ3v) is 5.18. The molecule has 0 radical (unpaired) electrons. The van der Waals surface area contributed by atoms with Gasteiger partial charge in [-0.05, 0) is 57.0 Å². The van der Waals surface area contributed by atoms with Crippen LogP contribution in [0.25, 0.3) is 0 Å². The number of hydrogen-bond acceptors (Lipinski definition) is 4. The van der Waals surface area contributed by atoms with E-state index in [0.717, 1.165) is 16.8 Å². The van der Waals surface area contributed by atoms with Gasteiger partial charge in [0.15, 0.2) is 0 Å². The molecule has 0 saturated carbocycles. The molecule has 0 spiro atoms. The van der Waals surface area contributed by atoms with Gasteiger partial charge in [-0.3, -0.25) is 9.69 Å². The summed E-state index contributed by atoms with van der Waals surface area (Å²) in [6.07, 6.45) is 14.3. The smallest absolute Gasteiger partial charge is 0.237 e. The lowest BCUT2D eigenvalue weighted by atomic mass is 10.1. The van der Waals surface area contributed by atoms with Gasteiger partial charge in [0.05, 0.1) is 30.2 Å². The van der Waals surface area contributed by atoms with Crippen LogP contribution in [0.1, 0.15) is 39.8 Å². The van der Waals surface area contributed by atoms with Crippen LogP contribution in [0.3, 0.4) is 0 Å². The number of nitrogens with zero attached hydrogens (tertiary/aromatic N) is 4. The first-order chi connectivity index (χ1) is 16.2. The first-order valence-corrected chi connectivity index (χ1v) is 11.6. The Morgan fingerprint density at radius 1 is 1.12 bits per heavy atom. The summed E-state index contributed by atoms with van der Waals surface area (Å²) in [4.78, 5) is 21.1. The summed E-state index contributed by atoms with van der Waals surface area (Å²) in [6, 6.07) is 0. The first-order valence-electron chi connectivity index (χ1n) is 11.6. The number of aliphatic hydroxyl groups excluding tert-OH is 1. The van der Waals surface area contributed by atoms with Crippen LogP contribution in [0.2, 0.25) is 0 Å². The number of rotatable bonds is 15. The Kier molecular flexibility index (Phi) is 13.2. The summed E-state index contributed by atoms with van der Waals surface area (Å²) < 4.78 is 15.4. The Labute approximate surface area is 203 Å². The van der Waals surface area contributed by atoms with Gasteiger partial charge in [0, 0.05) is 32.4 Å². The number of hydrogen-bond donors (Lipinski definition) is 1. The Hall–Kier alpha value is -3.19. The summed E-state index contributed by atoms with van der Waals surface area (Å²) in [6.45, 7) is 17.5. The molecule has 1 N–H and O–H groups in total. The standard InChI is InChI=1S/C27H39FN4O2/c1-7-11-24(15-22(5)28)13-14-32-21-29-17-26(32)19-30(9-3)20-27(34)31(10-4)18-25(12-8-2)16-23(6)33/h7-8,11-12,15-17,21,33H,1-2,9-10,13-14,18-20H2,3-6H3/b22-15+,23-16+,24-11-,25-12+. The molecule has 1 aromatic heterocycles. The van der Waals surface area contributed by atoms with Crippen molar-refractivity contribution in [3.8, 4) is 0 Å². The van der Waals surface area contributed by atoms with Gasteiger partial charge in [0.2, 0.25) is 5.91 Å². The zero-order chi connectivity index (χ0) is 25.5. The van der Waals surface area contributed by atoms with Crippen molar-refractivity contribution in [2.45, 2.75) is 47.2 Å². The number of allylic oxidation sites excluding steroid dienone is 8. The Morgan fingerprint density at radius 2 is 1.79 bits per heavy atom. The monoisotopic (exact) mass is 470 g/mol. The number of likely N-dealkylation sites (N-methyl/N-ethyl adjacent to an activating group) is 2. The predicted octanol–water partition coefficient (Wildman–Crippen LogP) is 5.50. The number of halogens is 1. The van der Waals surface area contributed by atoms with Crippen LogP contribution in [0.5, 0.6) is 0 Å². The van der Waals surface area contributed by atoms with Crippen LogP contribution in [0.15, 0.2) is 84.9 Å². The van der Waals surface area contributed by atoms with Crippen LogP contribution in [-0.4, -0.2) is 56.5 Å². The third-order valence-electron chi connectivity index (χ3n) is 5.18. The molecular formula is C27H39FN4O2. The predicted molar refractivity (Wildman–Crippen MR) is 138 cm³/mol. The van der Waals surface area contributed by atoms with Crippen LogP contribution in [0, 0.1) is 0 Å². The zero-order valence-corrected chi connectivity index (χ0v) is 21.0. The van der Waals surface area contributed by atoms with E-state index in [1.165, 1.54) is 13.0 Å². The molecule has 1 aromatic rings. The maximum atomic E-state index is 13.3. The number of carbonyl (C=O) groups excluding carboxylic acids is 1. The summed E-state index contributed by atoms with van der Waals surface area (Å²) in [5, 5.41) is 9.61. The second-order valence-electron chi connectivity index (χ2n) is 8.01. The molecule has 1 amide bonds. The van der Waals surface area contributed by atoms with E-state index in [0.29, 0.717) is 39.1 Å². The normalized spacial score (nSPS) is 13.4. The van der Waals surface area contributed by atoms with Crippen molar-refractivity contribution < 1.29 is 14.3 Å². The number of carbonyl (C=O) groups is 1. The highest BCUT2D eigenvalue weighted by atomic mass is 19.1. The second kappa shape index (κ2) is 15.6. The summed E-state index contributed by atoms with van der Waals surface area (Å²) in [7, 11) is 0. The van der Waals surface area contributed by atoms with Crippen molar-refractivity contribution in [2.24, 2.45) is 0 Å². The van der Waals surface area contributed by atoms with Gasteiger partial charge in [0.1, 0.15) is 0 Å². The van der Waals surface area contributed by atoms with Gasteiger partial charge in [-0.2, -0.15) is 0 Å². The lowest BCUT2D eigenvalue weighted by molar-refractivity contribution is -0.131. The number of aryl methyl sites for hydroxylation is 1. The van der Waals surface area contributed by atoms with Gasteiger partial charge in [-0.15, -0.1) is 0 Å². The molecule has 7 heteroatoms. The number of imidazole rings is 1. The van der Waals surface area contributed by atoms with Crippen molar-refractivity contribution >= 4 is 5.91 Å². The average molecular weight is 471 g/mol. The van der Waals surface area contributed by atoms with Crippen molar-refractivity contribution in [2.75, 3.05) is 26.2 Å². The van der Waals surface area contributed by atoms with Gasteiger partial charge in [0.25, 0.3) is 0 Å². The van der Waals surface area contributed by atoms with E-state index in [9.17, 15) is 14.3 Å². The molecule has 0 aliphatic carbocycles. The molecule has 0 fully saturated rings. The molecule has 0 bridgehead atoms. The molecule has 1 rings (SSSR count). The second-order valence-corrected chi connectivity index (χ2v) is 8.01. The van der Waals surface area contributed by atoms with Crippen molar-refractivity contribution in [3.05, 3.63) is 90.6 Å². The van der Waals surface area contributed by atoms with Crippen molar-refractivity contribution in [3.63, 3.8) is 0 Å². The highest BCUT2D eigenvalue weighted by Gasteiger charge is 2.18. The van der Waals surface area contributed by atoms with Gasteiger partial charge >= 0.3 is 0 Å². The van der Waals surface area contributed by atoms with Crippen molar-refractivity contribution in [1.29, 1.82) is 0 Å². The molecule has 6 nitrogen and oxygen atoms in total. The number of aromatic nitrogens is 2. The van der Waals surface area contributed by atoms with Gasteiger partial charge in [-0.1, -0.05) is 44.4 Å². The molecular weight excluding hydrogens is 431 g/mol. The number of amides is 1. The molecule has 0 atom stereocenters. The minimum Gasteiger partial charge on any atom is -0.513 e. The fourth-order valence-electron chi connectivity index (χ4n) is 3.50. The van der Waals surface area contributed by atoms with Gasteiger partial charge < -0.3 is 14.6 Å². The Bertz CT molecular complexity index is 932. The van der Waals surface area contributed by atoms with Crippen LogP contribution >= 0.6 is 0 Å². The maximum absolute atomic E-state index is 13.3. The first kappa shape index (κ1) is 28.8. The maximum Gasteiger partial charge on any atom is 0.237 e. The average Bonchev–Trinajstić information content (AvgIpc) is 3.21. The zero-order valence-electron chi connectivity index (χ0n) is 21.0. The van der Waals surface area contributed by atoms with Crippen LogP contribution in [-0.2, 0) is 17.9 Å². The fourth-order valence-corrected chi connectivity index (χ4v) is 3.50. The van der Waals surface area contributed by atoms with E-state index < -0.39 is 0 Å². The lowest BCUT2D eigenvalue weighted by Crippen LogP contribution is -2.41. The van der Waals surface area contributed by atoms with Crippen LogP contribution < -0.4 is 0 Å². The molecule has 1 heterocycles. The highest BCUT2D eigenvalue weighted by Crippen LogP contribution is 2.13. The minimum absolute atomic E-state index is 0.00845. The Morgan fingerprint density at radius 3 is 2.35 bits per heavy atom. The SMILES string of the molecule is C=C/C=C(\C=C(/C)F)CCn1cncc1CN(CC)CC(=O)N(CC)CC(/C=C(\C)O)=C/C=C. The van der Waals surface area contributed by atoms with E-state index in [2.05, 4.69) is 23.0 Å². The summed E-state index contributed by atoms with van der Waals surface area (Å²) >= 11 is 0. The number of aliphatic hydroxyl groups is 1. The molecule has 186 valence electrons. The molecule has 0 unspecified atom stereocenters. The molecule has 34 heavy (non-hydrogen) atoms. The topological polar surface area (TPSA) is 61.6 Å². The molecule has 0 aromatic carbocycles. The lowest BCUT2D eigenvalue weighted by Gasteiger charge is -2.26. The summed E-state index contributed by atoms with van der Waals surface area (Å²) in [5.74, 6) is -0.0525. The quantitative estimate of drug-likeness (QED) is 0.271. The molecule has 0 aliphatic heterocycles. The van der Waals surface area contributed by atoms with E-state index in [1.807, 2.05) is 18.4 Å². The largest absolute Gasteiger partial charge is 0.513 e. The van der Waals surface area contributed by atoms with Crippen LogP contribution in [0.4, 0.5) is 4.39 Å². The van der Waals surface area contributed by atoms with E-state index in [4.69, 9.17) is 0 Å². The minimum atomic E-state index is -0.245. The molecule has 0 aliphatic rings.